The third-order valence-electron chi connectivity index (χ3n) is 4.10. The van der Waals surface area contributed by atoms with Crippen molar-refractivity contribution in [1.29, 1.82) is 0 Å². The van der Waals surface area contributed by atoms with Gasteiger partial charge in [0, 0.05) is 0 Å². The topological polar surface area (TPSA) is 38.7 Å². The summed E-state index contributed by atoms with van der Waals surface area (Å²) in [7, 11) is 3.24. The third kappa shape index (κ3) is 2.86. The molecular weight excluding hydrogens is 240 g/mol. The Hall–Kier alpha value is -1.22. The molecule has 1 N–H and O–H groups in total. The van der Waals surface area contributed by atoms with E-state index in [0.717, 1.165) is 18.4 Å². The summed E-state index contributed by atoms with van der Waals surface area (Å²) in [6.45, 7) is 4.42. The van der Waals surface area contributed by atoms with Gasteiger partial charge in [0.15, 0.2) is 11.5 Å². The molecule has 2 rings (SSSR count). The molecule has 2 atom stereocenters. The van der Waals surface area contributed by atoms with Crippen molar-refractivity contribution >= 4 is 0 Å². The van der Waals surface area contributed by atoms with Gasteiger partial charge in [0.05, 0.1) is 19.8 Å². The van der Waals surface area contributed by atoms with Gasteiger partial charge in [-0.2, -0.15) is 0 Å². The molecular formula is C16H24O3. The highest BCUT2D eigenvalue weighted by Gasteiger charge is 2.37. The highest BCUT2D eigenvalue weighted by molar-refractivity contribution is 5.44. The molecule has 0 heterocycles. The van der Waals surface area contributed by atoms with E-state index in [9.17, 15) is 5.11 Å². The zero-order chi connectivity index (χ0) is 14.0. The molecule has 0 aliphatic heterocycles. The second-order valence-electron chi connectivity index (χ2n) is 5.96. The number of benzene rings is 1. The minimum Gasteiger partial charge on any atom is -0.493 e. The molecule has 3 heteroatoms. The van der Waals surface area contributed by atoms with Crippen LogP contribution in [0.5, 0.6) is 11.5 Å². The van der Waals surface area contributed by atoms with Crippen LogP contribution in [0.15, 0.2) is 18.2 Å². The molecule has 0 aromatic heterocycles. The van der Waals surface area contributed by atoms with E-state index in [-0.39, 0.29) is 0 Å². The Bertz CT molecular complexity index is 432. The molecule has 1 saturated carbocycles. The summed E-state index contributed by atoms with van der Waals surface area (Å²) in [5, 5.41) is 11.0. The van der Waals surface area contributed by atoms with E-state index in [1.54, 1.807) is 14.2 Å². The summed E-state index contributed by atoms with van der Waals surface area (Å²) in [5.41, 5.74) is 0.194. The van der Waals surface area contributed by atoms with Crippen LogP contribution in [-0.2, 0) is 5.60 Å². The highest BCUT2D eigenvalue weighted by Crippen LogP contribution is 2.44. The van der Waals surface area contributed by atoms with E-state index in [1.165, 1.54) is 6.42 Å². The zero-order valence-corrected chi connectivity index (χ0v) is 12.3. The first-order valence-corrected chi connectivity index (χ1v) is 6.93. The van der Waals surface area contributed by atoms with E-state index < -0.39 is 5.60 Å². The molecule has 0 bridgehead atoms. The van der Waals surface area contributed by atoms with E-state index >= 15 is 0 Å². The number of aliphatic hydroxyl groups is 1. The molecule has 1 aromatic carbocycles. The maximum Gasteiger partial charge on any atom is 0.161 e. The molecule has 1 aliphatic carbocycles. The largest absolute Gasteiger partial charge is 0.493 e. The Kier molecular flexibility index (Phi) is 4.04. The average Bonchev–Trinajstić information content (AvgIpc) is 2.36. The first-order valence-electron chi connectivity index (χ1n) is 6.93. The molecule has 1 aliphatic rings. The fraction of sp³-hybridized carbons (Fsp3) is 0.625. The van der Waals surface area contributed by atoms with Crippen LogP contribution in [0.3, 0.4) is 0 Å². The quantitative estimate of drug-likeness (QED) is 0.910. The van der Waals surface area contributed by atoms with Gasteiger partial charge in [0.1, 0.15) is 0 Å². The second-order valence-corrected chi connectivity index (χ2v) is 5.96. The van der Waals surface area contributed by atoms with Crippen LogP contribution in [-0.4, -0.2) is 19.3 Å². The first-order chi connectivity index (χ1) is 8.98. The molecule has 19 heavy (non-hydrogen) atoms. The van der Waals surface area contributed by atoms with E-state index in [2.05, 4.69) is 13.8 Å². The van der Waals surface area contributed by atoms with Crippen LogP contribution in [0.2, 0.25) is 0 Å². The minimum atomic E-state index is -0.739. The van der Waals surface area contributed by atoms with Gasteiger partial charge in [-0.1, -0.05) is 19.9 Å². The Labute approximate surface area is 115 Å². The minimum absolute atomic E-state index is 0.543. The number of ether oxygens (including phenoxy) is 2. The fourth-order valence-corrected chi connectivity index (χ4v) is 3.45. The lowest BCUT2D eigenvalue weighted by molar-refractivity contribution is -0.0364. The molecule has 2 unspecified atom stereocenters. The molecule has 106 valence electrons. The van der Waals surface area contributed by atoms with Crippen LogP contribution in [0.1, 0.15) is 38.7 Å². The molecule has 0 amide bonds. The van der Waals surface area contributed by atoms with Crippen LogP contribution in [0.4, 0.5) is 0 Å². The van der Waals surface area contributed by atoms with Gasteiger partial charge in [-0.25, -0.2) is 0 Å². The predicted molar refractivity (Wildman–Crippen MR) is 75.6 cm³/mol. The molecule has 0 radical (unpaired) electrons. The van der Waals surface area contributed by atoms with Crippen molar-refractivity contribution in [3.63, 3.8) is 0 Å². The Morgan fingerprint density at radius 2 is 1.63 bits per heavy atom. The average molecular weight is 264 g/mol. The SMILES string of the molecule is COc1ccc(C2(O)CC(C)CC(C)C2)cc1OC. The van der Waals surface area contributed by atoms with E-state index in [4.69, 9.17) is 9.47 Å². The summed E-state index contributed by atoms with van der Waals surface area (Å²) >= 11 is 0. The van der Waals surface area contributed by atoms with E-state index in [1.807, 2.05) is 18.2 Å². The van der Waals surface area contributed by atoms with Gasteiger partial charge >= 0.3 is 0 Å². The van der Waals surface area contributed by atoms with Crippen LogP contribution in [0, 0.1) is 11.8 Å². The van der Waals surface area contributed by atoms with Crippen molar-refractivity contribution in [2.24, 2.45) is 11.8 Å². The number of hydrogen-bond donors (Lipinski definition) is 1. The van der Waals surface area contributed by atoms with Crippen LogP contribution >= 0.6 is 0 Å². The lowest BCUT2D eigenvalue weighted by Crippen LogP contribution is -2.35. The van der Waals surface area contributed by atoms with Crippen molar-refractivity contribution in [3.8, 4) is 11.5 Å². The maximum atomic E-state index is 11.0. The van der Waals surface area contributed by atoms with Crippen LogP contribution < -0.4 is 9.47 Å². The monoisotopic (exact) mass is 264 g/mol. The van der Waals surface area contributed by atoms with Gasteiger partial charge in [-0.05, 0) is 48.8 Å². The molecule has 3 nitrogen and oxygen atoms in total. The highest BCUT2D eigenvalue weighted by atomic mass is 16.5. The smallest absolute Gasteiger partial charge is 0.161 e. The number of rotatable bonds is 3. The molecule has 1 fully saturated rings. The van der Waals surface area contributed by atoms with Gasteiger partial charge in [-0.15, -0.1) is 0 Å². The fourth-order valence-electron chi connectivity index (χ4n) is 3.45. The van der Waals surface area contributed by atoms with E-state index in [0.29, 0.717) is 23.3 Å². The number of methoxy groups -OCH3 is 2. The summed E-state index contributed by atoms with van der Waals surface area (Å²) < 4.78 is 10.6. The normalized spacial score (nSPS) is 31.0. The summed E-state index contributed by atoms with van der Waals surface area (Å²) in [5.74, 6) is 2.47. The zero-order valence-electron chi connectivity index (χ0n) is 12.3. The first kappa shape index (κ1) is 14.2. The van der Waals surface area contributed by atoms with Crippen LogP contribution in [0.25, 0.3) is 0 Å². The summed E-state index contributed by atoms with van der Waals surface area (Å²) in [6, 6.07) is 5.73. The predicted octanol–water partition coefficient (Wildman–Crippen LogP) is 3.35. The lowest BCUT2D eigenvalue weighted by atomic mass is 9.71. The van der Waals surface area contributed by atoms with Gasteiger partial charge < -0.3 is 14.6 Å². The Morgan fingerprint density at radius 1 is 1.05 bits per heavy atom. The van der Waals surface area contributed by atoms with Crippen molar-refractivity contribution < 1.29 is 14.6 Å². The standard InChI is InChI=1S/C16H24O3/c1-11-7-12(2)10-16(17,9-11)13-5-6-14(18-3)15(8-13)19-4/h5-6,8,11-12,17H,7,9-10H2,1-4H3. The maximum absolute atomic E-state index is 11.0. The second kappa shape index (κ2) is 5.41. The lowest BCUT2D eigenvalue weighted by Gasteiger charge is -2.39. The van der Waals surface area contributed by atoms with Crippen molar-refractivity contribution in [2.75, 3.05) is 14.2 Å². The Balaban J connectivity index is 2.34. The molecule has 1 aromatic rings. The van der Waals surface area contributed by atoms with Gasteiger partial charge in [-0.3, -0.25) is 0 Å². The molecule has 0 saturated heterocycles. The number of hydrogen-bond acceptors (Lipinski definition) is 3. The molecule has 0 spiro atoms. The van der Waals surface area contributed by atoms with Gasteiger partial charge in [0.2, 0.25) is 0 Å². The van der Waals surface area contributed by atoms with Gasteiger partial charge in [0.25, 0.3) is 0 Å². The Morgan fingerprint density at radius 3 is 2.16 bits per heavy atom. The van der Waals surface area contributed by atoms with Crippen molar-refractivity contribution in [3.05, 3.63) is 23.8 Å². The summed E-state index contributed by atoms with van der Waals surface area (Å²) in [6.07, 6.45) is 2.81. The van der Waals surface area contributed by atoms with Crippen molar-refractivity contribution in [2.45, 2.75) is 38.7 Å². The summed E-state index contributed by atoms with van der Waals surface area (Å²) in [4.78, 5) is 0. The third-order valence-corrected chi connectivity index (χ3v) is 4.10. The van der Waals surface area contributed by atoms with Crippen molar-refractivity contribution in [1.82, 2.24) is 0 Å².